The van der Waals surface area contributed by atoms with Crippen molar-refractivity contribution in [1.82, 2.24) is 0 Å². The fourth-order valence-electron chi connectivity index (χ4n) is 2.81. The number of hydrogen-bond donors (Lipinski definition) is 1. The van der Waals surface area contributed by atoms with Crippen molar-refractivity contribution in [2.45, 2.75) is 38.6 Å². The van der Waals surface area contributed by atoms with Gasteiger partial charge in [0.1, 0.15) is 0 Å². The van der Waals surface area contributed by atoms with Gasteiger partial charge in [-0.05, 0) is 43.0 Å². The number of anilines is 1. The first kappa shape index (κ1) is 13.7. The van der Waals surface area contributed by atoms with Crippen LogP contribution in [0.1, 0.15) is 32.6 Å². The molecule has 2 N–H and O–H groups in total. The lowest BCUT2D eigenvalue weighted by Crippen LogP contribution is -2.47. The summed E-state index contributed by atoms with van der Waals surface area (Å²) in [4.78, 5) is 2.41. The molecule has 1 saturated heterocycles. The molecule has 1 aliphatic heterocycles. The van der Waals surface area contributed by atoms with Crippen LogP contribution in [-0.4, -0.2) is 19.1 Å². The highest BCUT2D eigenvalue weighted by atomic mass is 35.5. The van der Waals surface area contributed by atoms with E-state index in [0.717, 1.165) is 24.0 Å². The van der Waals surface area contributed by atoms with E-state index in [1.165, 1.54) is 31.4 Å². The number of rotatable bonds is 4. The zero-order valence-corrected chi connectivity index (χ0v) is 11.9. The Morgan fingerprint density at radius 3 is 2.67 bits per heavy atom. The van der Waals surface area contributed by atoms with Gasteiger partial charge in [-0.1, -0.05) is 31.4 Å². The van der Waals surface area contributed by atoms with Gasteiger partial charge in [-0.3, -0.25) is 0 Å². The quantitative estimate of drug-likeness (QED) is 0.901. The van der Waals surface area contributed by atoms with Crippen LogP contribution in [-0.2, 0) is 0 Å². The van der Waals surface area contributed by atoms with Gasteiger partial charge < -0.3 is 10.6 Å². The van der Waals surface area contributed by atoms with E-state index in [4.69, 9.17) is 17.3 Å². The van der Waals surface area contributed by atoms with Crippen molar-refractivity contribution in [2.75, 3.05) is 18.0 Å². The molecule has 2 atom stereocenters. The SMILES string of the molecule is CCCCC1CC(N)CN(c2ccc(Cl)cc2)C1. The Balaban J connectivity index is 2.01. The van der Waals surface area contributed by atoms with Gasteiger partial charge in [0.15, 0.2) is 0 Å². The minimum absolute atomic E-state index is 0.302. The molecule has 2 nitrogen and oxygen atoms in total. The second-order valence-electron chi connectivity index (χ2n) is 5.39. The van der Waals surface area contributed by atoms with Crippen LogP contribution in [0.2, 0.25) is 5.02 Å². The molecule has 100 valence electrons. The number of unbranched alkanes of at least 4 members (excludes halogenated alkanes) is 1. The molecule has 3 heteroatoms. The van der Waals surface area contributed by atoms with Crippen LogP contribution in [0, 0.1) is 5.92 Å². The van der Waals surface area contributed by atoms with E-state index in [1.807, 2.05) is 12.1 Å². The maximum absolute atomic E-state index is 6.19. The normalized spacial score (nSPS) is 24.3. The molecule has 1 aromatic rings. The molecular formula is C15H23ClN2. The molecule has 0 radical (unpaired) electrons. The summed E-state index contributed by atoms with van der Waals surface area (Å²) in [6.07, 6.45) is 5.05. The van der Waals surface area contributed by atoms with Gasteiger partial charge in [0.05, 0.1) is 0 Å². The smallest absolute Gasteiger partial charge is 0.0407 e. The van der Waals surface area contributed by atoms with Crippen LogP contribution in [0.15, 0.2) is 24.3 Å². The zero-order valence-electron chi connectivity index (χ0n) is 11.1. The molecule has 1 heterocycles. The third-order valence-corrected chi connectivity index (χ3v) is 3.98. The molecule has 1 aliphatic rings. The Morgan fingerprint density at radius 2 is 2.00 bits per heavy atom. The van der Waals surface area contributed by atoms with Crippen molar-refractivity contribution in [3.63, 3.8) is 0 Å². The molecule has 0 bridgehead atoms. The first-order valence-electron chi connectivity index (χ1n) is 6.95. The molecule has 0 amide bonds. The fourth-order valence-corrected chi connectivity index (χ4v) is 2.94. The van der Waals surface area contributed by atoms with Gasteiger partial charge in [-0.15, -0.1) is 0 Å². The summed E-state index contributed by atoms with van der Waals surface area (Å²) < 4.78 is 0. The van der Waals surface area contributed by atoms with Crippen molar-refractivity contribution in [2.24, 2.45) is 11.7 Å². The summed E-state index contributed by atoms with van der Waals surface area (Å²) >= 11 is 5.93. The van der Waals surface area contributed by atoms with Gasteiger partial charge in [-0.25, -0.2) is 0 Å². The fraction of sp³-hybridized carbons (Fsp3) is 0.600. The zero-order chi connectivity index (χ0) is 13.0. The number of nitrogens with zero attached hydrogens (tertiary/aromatic N) is 1. The lowest BCUT2D eigenvalue weighted by Gasteiger charge is -2.38. The minimum atomic E-state index is 0.302. The van der Waals surface area contributed by atoms with E-state index in [0.29, 0.717) is 6.04 Å². The summed E-state index contributed by atoms with van der Waals surface area (Å²) in [6.45, 7) is 4.35. The van der Waals surface area contributed by atoms with Crippen LogP contribution in [0.4, 0.5) is 5.69 Å². The number of nitrogens with two attached hydrogens (primary N) is 1. The minimum Gasteiger partial charge on any atom is -0.370 e. The Kier molecular flexibility index (Phi) is 4.90. The highest BCUT2D eigenvalue weighted by Crippen LogP contribution is 2.26. The largest absolute Gasteiger partial charge is 0.370 e. The van der Waals surface area contributed by atoms with Crippen molar-refractivity contribution in [1.29, 1.82) is 0 Å². The van der Waals surface area contributed by atoms with E-state index in [-0.39, 0.29) is 0 Å². The first-order chi connectivity index (χ1) is 8.69. The van der Waals surface area contributed by atoms with Gasteiger partial charge >= 0.3 is 0 Å². The second kappa shape index (κ2) is 6.44. The maximum Gasteiger partial charge on any atom is 0.0407 e. The average molecular weight is 267 g/mol. The van der Waals surface area contributed by atoms with E-state index in [2.05, 4.69) is 24.0 Å². The molecule has 18 heavy (non-hydrogen) atoms. The van der Waals surface area contributed by atoms with Crippen molar-refractivity contribution < 1.29 is 0 Å². The van der Waals surface area contributed by atoms with E-state index < -0.39 is 0 Å². The standard InChI is InChI=1S/C15H23ClN2/c1-2-3-4-12-9-14(17)11-18(10-12)15-7-5-13(16)6-8-15/h5-8,12,14H,2-4,9-11,17H2,1H3. The van der Waals surface area contributed by atoms with Crippen LogP contribution in [0.5, 0.6) is 0 Å². The molecule has 1 fully saturated rings. The third kappa shape index (κ3) is 3.63. The van der Waals surface area contributed by atoms with Gasteiger partial charge in [-0.2, -0.15) is 0 Å². The topological polar surface area (TPSA) is 29.3 Å². The van der Waals surface area contributed by atoms with Crippen LogP contribution < -0.4 is 10.6 Å². The lowest BCUT2D eigenvalue weighted by molar-refractivity contribution is 0.349. The third-order valence-electron chi connectivity index (χ3n) is 3.73. The predicted octanol–water partition coefficient (Wildman–Crippen LogP) is 3.68. The maximum atomic E-state index is 6.19. The molecule has 0 saturated carbocycles. The summed E-state index contributed by atoms with van der Waals surface area (Å²) in [5.74, 6) is 0.740. The Morgan fingerprint density at radius 1 is 1.28 bits per heavy atom. The number of halogens is 1. The van der Waals surface area contributed by atoms with Gasteiger partial charge in [0, 0.05) is 29.8 Å². The lowest BCUT2D eigenvalue weighted by atomic mass is 9.90. The molecule has 1 aromatic carbocycles. The highest BCUT2D eigenvalue weighted by Gasteiger charge is 2.24. The summed E-state index contributed by atoms with van der Waals surface area (Å²) in [5, 5.41) is 0.794. The molecule has 2 unspecified atom stereocenters. The Bertz CT molecular complexity index is 363. The van der Waals surface area contributed by atoms with Crippen molar-refractivity contribution >= 4 is 17.3 Å². The molecule has 0 aromatic heterocycles. The van der Waals surface area contributed by atoms with Gasteiger partial charge in [0.25, 0.3) is 0 Å². The van der Waals surface area contributed by atoms with Crippen molar-refractivity contribution in [3.05, 3.63) is 29.3 Å². The van der Waals surface area contributed by atoms with Crippen LogP contribution in [0.3, 0.4) is 0 Å². The second-order valence-corrected chi connectivity index (χ2v) is 5.82. The molecule has 0 spiro atoms. The van der Waals surface area contributed by atoms with Crippen molar-refractivity contribution in [3.8, 4) is 0 Å². The monoisotopic (exact) mass is 266 g/mol. The van der Waals surface area contributed by atoms with Gasteiger partial charge in [0.2, 0.25) is 0 Å². The van der Waals surface area contributed by atoms with Crippen LogP contribution >= 0.6 is 11.6 Å². The first-order valence-corrected chi connectivity index (χ1v) is 7.33. The Hall–Kier alpha value is -0.730. The van der Waals surface area contributed by atoms with E-state index in [1.54, 1.807) is 0 Å². The Labute approximate surface area is 115 Å². The summed E-state index contributed by atoms with van der Waals surface area (Å²) in [5.41, 5.74) is 7.43. The van der Waals surface area contributed by atoms with Crippen LogP contribution in [0.25, 0.3) is 0 Å². The molecule has 0 aliphatic carbocycles. The van der Waals surface area contributed by atoms with E-state index in [9.17, 15) is 0 Å². The molecule has 2 rings (SSSR count). The average Bonchev–Trinajstić information content (AvgIpc) is 2.36. The number of benzene rings is 1. The van der Waals surface area contributed by atoms with E-state index >= 15 is 0 Å². The summed E-state index contributed by atoms with van der Waals surface area (Å²) in [6, 6.07) is 8.40. The predicted molar refractivity (Wildman–Crippen MR) is 79.3 cm³/mol. The number of piperidine rings is 1. The number of hydrogen-bond acceptors (Lipinski definition) is 2. The summed E-state index contributed by atoms with van der Waals surface area (Å²) in [7, 11) is 0. The molecular weight excluding hydrogens is 244 g/mol. The highest BCUT2D eigenvalue weighted by molar-refractivity contribution is 6.30.